The van der Waals surface area contributed by atoms with E-state index in [-0.39, 0.29) is 53.7 Å². The highest BCUT2D eigenvalue weighted by Crippen LogP contribution is 2.50. The lowest BCUT2D eigenvalue weighted by molar-refractivity contribution is -0.104. The van der Waals surface area contributed by atoms with E-state index < -0.39 is 11.2 Å². The summed E-state index contributed by atoms with van der Waals surface area (Å²) in [6, 6.07) is 38.2. The number of carbonyl (C=O) groups excluding carboxylic acids is 1. The highest BCUT2D eigenvalue weighted by molar-refractivity contribution is 7.99. The third-order valence-corrected chi connectivity index (χ3v) is 22.8. The molecule has 4 radical (unpaired) electrons. The molecule has 0 aromatic heterocycles. The first kappa shape index (κ1) is 84.0. The van der Waals surface area contributed by atoms with E-state index in [9.17, 15) is 25.8 Å². The van der Waals surface area contributed by atoms with Crippen molar-refractivity contribution in [3.63, 3.8) is 0 Å². The quantitative estimate of drug-likeness (QED) is 0.0171. The van der Waals surface area contributed by atoms with Crippen molar-refractivity contribution < 1.29 is 15.7 Å². The Morgan fingerprint density at radius 1 is 0.596 bits per heavy atom. The van der Waals surface area contributed by atoms with Gasteiger partial charge in [-0.15, -0.1) is 23.5 Å². The molecule has 2 atom stereocenters. The van der Waals surface area contributed by atoms with Crippen LogP contribution in [0.25, 0.3) is 21.8 Å². The second-order valence-electron chi connectivity index (χ2n) is 29.6. The van der Waals surface area contributed by atoms with Crippen LogP contribution in [0.3, 0.4) is 0 Å². The number of carbonyl (C=O) groups is 1. The monoisotopic (exact) mass is 1420 g/mol. The van der Waals surface area contributed by atoms with Crippen molar-refractivity contribution in [1.82, 2.24) is 0 Å². The van der Waals surface area contributed by atoms with Gasteiger partial charge in [0.25, 0.3) is 0 Å². The molecule has 2 unspecified atom stereocenters. The van der Waals surface area contributed by atoms with Gasteiger partial charge in [0.2, 0.25) is 5.70 Å². The Kier molecular flexibility index (Phi) is 32.6. The number of unbranched alkanes of at least 4 members (excludes halogenated alkanes) is 2. The van der Waals surface area contributed by atoms with Gasteiger partial charge in [-0.3, -0.25) is 4.79 Å². The van der Waals surface area contributed by atoms with Gasteiger partial charge in [0.15, 0.2) is 22.7 Å². The molecule has 6 aliphatic rings. The summed E-state index contributed by atoms with van der Waals surface area (Å²) in [6.07, 6.45) is 43.5. The molecule has 536 valence electrons. The second-order valence-corrected chi connectivity index (χ2v) is 31.8. The molecule has 0 bridgehead atoms. The van der Waals surface area contributed by atoms with Crippen molar-refractivity contribution in [2.75, 3.05) is 11.5 Å². The van der Waals surface area contributed by atoms with E-state index in [2.05, 4.69) is 214 Å². The van der Waals surface area contributed by atoms with Crippen molar-refractivity contribution in [3.8, 4) is 24.3 Å². The Bertz CT molecular complexity index is 4300. The molecule has 9 nitrogen and oxygen atoms in total. The van der Waals surface area contributed by atoms with Gasteiger partial charge in [-0.25, -0.2) is 15.0 Å². The van der Waals surface area contributed by atoms with Gasteiger partial charge in [0, 0.05) is 32.3 Å². The number of ether oxygens (including phenoxy) is 2. The van der Waals surface area contributed by atoms with Gasteiger partial charge in [-0.05, 0) is 224 Å². The molecule has 10 rings (SSSR count). The zero-order valence-corrected chi connectivity index (χ0v) is 64.2. The smallest absolute Gasteiger partial charge is 0.304 e. The summed E-state index contributed by atoms with van der Waals surface area (Å²) < 4.78 is 12.5. The Balaban J connectivity index is 0.000000304. The van der Waals surface area contributed by atoms with E-state index in [0.717, 1.165) is 60.0 Å². The predicted molar refractivity (Wildman–Crippen MR) is 436 cm³/mol. The molecule has 2 heterocycles. The number of nitrogens with zero attached hydrogens (tertiary/aromatic N) is 6. The summed E-state index contributed by atoms with van der Waals surface area (Å²) in [5, 5.41) is 38.1. The molecular weight excluding hydrogens is 1310 g/mol. The van der Waals surface area contributed by atoms with Gasteiger partial charge in [-0.1, -0.05) is 228 Å². The number of nitriles is 4. The molecule has 4 aromatic rings. The molecule has 4 aliphatic carbocycles. The number of aldehydes is 1. The summed E-state index contributed by atoms with van der Waals surface area (Å²) in [5.74, 6) is 3.72. The lowest BCUT2D eigenvalue weighted by Crippen LogP contribution is -2.23. The Morgan fingerprint density at radius 3 is 1.45 bits per heavy atom. The fourth-order valence-corrected chi connectivity index (χ4v) is 16.9. The molecule has 0 spiro atoms. The van der Waals surface area contributed by atoms with Gasteiger partial charge in [0.05, 0.1) is 24.8 Å². The minimum Gasteiger partial charge on any atom is -0.488 e. The molecule has 2 saturated carbocycles. The van der Waals surface area contributed by atoms with Gasteiger partial charge < -0.3 is 9.47 Å². The Labute approximate surface area is 637 Å². The lowest BCUT2D eigenvalue weighted by Gasteiger charge is -2.30. The van der Waals surface area contributed by atoms with E-state index in [4.69, 9.17) is 22.6 Å². The molecule has 104 heavy (non-hydrogen) atoms. The second kappa shape index (κ2) is 40.4. The average Bonchev–Trinajstić information content (AvgIpc) is 1.61. The van der Waals surface area contributed by atoms with Crippen molar-refractivity contribution in [3.05, 3.63) is 268 Å². The third kappa shape index (κ3) is 22.3. The van der Waals surface area contributed by atoms with E-state index in [0.29, 0.717) is 17.4 Å². The van der Waals surface area contributed by atoms with Crippen molar-refractivity contribution in [2.24, 2.45) is 10.8 Å². The maximum Gasteiger partial charge on any atom is 0.304 e. The predicted octanol–water partition coefficient (Wildman–Crippen LogP) is 25.0. The van der Waals surface area contributed by atoms with Crippen molar-refractivity contribution in [1.29, 1.82) is 21.0 Å². The summed E-state index contributed by atoms with van der Waals surface area (Å²) >= 11 is 3.90. The Morgan fingerprint density at radius 2 is 1.05 bits per heavy atom. The number of rotatable bonds is 19. The average molecular weight is 1420 g/mol. The number of hydrogen-bond acceptors (Lipinski definition) is 9. The number of hydrogen-bond donors (Lipinski definition) is 0. The van der Waals surface area contributed by atoms with Gasteiger partial charge >= 0.3 is 5.70 Å². The van der Waals surface area contributed by atoms with Crippen LogP contribution in [-0.2, 0) is 25.5 Å². The first-order chi connectivity index (χ1) is 49.6. The maximum atomic E-state index is 10.8. The van der Waals surface area contributed by atoms with Gasteiger partial charge in [-0.2, -0.15) is 15.8 Å². The first-order valence-electron chi connectivity index (χ1n) is 36.6. The SMILES string of the molecule is C.CCCCSc1ccc(/C=C/C2=CC(=C/C=O)/CC(C)(C)C2)cc1C.[3HH].[B][B].[C-]#[N+]/C(C#N)=C1\OC(C)(c2ccc(C3CCCCC3)cc2)C(C)=C1C#N.[C-]#[N+]C1=C(/C=C/C=C2C=C(/C=C/c3ccc(SCCCC)c(C)c3)CC(C)(C)C/2)C(C)(c2ccc(C3CCCCC3)cc2)OC1=C(C#N)C#N. The standard InChI is InChI=1S/C45H49N3OS.C23H30OS.C22H21N3O.CH4.B2.H2/c1-7-8-25-50-41-24-19-33(26-32(41)2)17-18-35-27-34(28-44(3,4)29-35)13-12-16-40-42(48-6)43(38(30-46)31-47)49-45(40,5)39-22-20-37(21-23-39)36-14-10-9-11-15-36;1-5-6-13-25-22-10-9-19(14-18(22)2)7-8-20-15-21(11-12-24)17-23(3,4)16-20;1-15-19(13-23)21(20(14-24)25-3)26-22(15,2)18-11-9-17(10-12-18)16-7-5-4-6-8-16;;1-2;/h12-13,16-24,26-27,36H,7-11,14-15,25,28-29H2,1-5H3;7-12,14-15H,5-6,13,16-17H2,1-4H3;9-12,16H,4-8H2,1-2H3;1H4;;1H/b16-12+,18-17+,34-13-;8-7+,21-11-;21-20-;;;/i;;;;;1+2. The zero-order valence-electron chi connectivity index (χ0n) is 62.6. The molecule has 13 heteroatoms. The van der Waals surface area contributed by atoms with Crippen LogP contribution in [0.4, 0.5) is 0 Å². The maximum absolute atomic E-state index is 10.8. The largest absolute Gasteiger partial charge is 0.488 e. The van der Waals surface area contributed by atoms with Crippen molar-refractivity contribution >= 4 is 57.4 Å². The van der Waals surface area contributed by atoms with Crippen LogP contribution in [0.5, 0.6) is 0 Å². The number of thioether (sulfide) groups is 2. The number of allylic oxidation sites excluding steroid dienone is 14. The minimum atomic E-state index is -1.02. The van der Waals surface area contributed by atoms with Crippen LogP contribution in [0.2, 0.25) is 0 Å². The van der Waals surface area contributed by atoms with E-state index in [1.54, 1.807) is 6.08 Å². The molecular formula is C91H106B2N6O3S2. The summed E-state index contributed by atoms with van der Waals surface area (Å²) in [6.45, 7) is 38.9. The molecule has 0 saturated heterocycles. The van der Waals surface area contributed by atoms with Crippen LogP contribution in [0.1, 0.15) is 243 Å². The minimum absolute atomic E-state index is 0. The molecule has 0 N–H and O–H groups in total. The molecule has 2 aliphatic heterocycles. The summed E-state index contributed by atoms with van der Waals surface area (Å²) in [4.78, 5) is 20.6. The molecule has 4 aromatic carbocycles. The van der Waals surface area contributed by atoms with Crippen molar-refractivity contribution in [2.45, 2.75) is 232 Å². The lowest BCUT2D eigenvalue weighted by atomic mass is 9.75. The first-order valence-corrected chi connectivity index (χ1v) is 38.5. The topological polar surface area (TPSA) is 139 Å². The van der Waals surface area contributed by atoms with Crippen LogP contribution in [-0.4, -0.2) is 33.3 Å². The van der Waals surface area contributed by atoms with Gasteiger partial charge in [0.1, 0.15) is 30.1 Å². The summed E-state index contributed by atoms with van der Waals surface area (Å²) in [7, 11) is 8.00. The van der Waals surface area contributed by atoms with E-state index in [1.165, 1.54) is 156 Å². The third-order valence-electron chi connectivity index (χ3n) is 20.3. The van der Waals surface area contributed by atoms with Crippen LogP contribution < -0.4 is 0 Å². The Hall–Kier alpha value is -8.94. The summed E-state index contributed by atoms with van der Waals surface area (Å²) in [5.41, 5.74) is 14.5. The molecule has 2 fully saturated rings. The van der Waals surface area contributed by atoms with Crippen LogP contribution >= 0.6 is 23.5 Å². The fourth-order valence-electron chi connectivity index (χ4n) is 14.7. The highest BCUT2D eigenvalue weighted by atomic mass is 32.2. The number of aryl methyl sites for hydroxylation is 2. The van der Waals surface area contributed by atoms with E-state index in [1.807, 2.05) is 74.7 Å². The zero-order chi connectivity index (χ0) is 74.7. The highest BCUT2D eigenvalue weighted by Gasteiger charge is 2.45. The molecule has 0 amide bonds. The number of benzene rings is 4. The van der Waals surface area contributed by atoms with Crippen LogP contribution in [0, 0.1) is 83.1 Å². The normalized spacial score (nSPS) is 21.1. The fraction of sp³-hybridized carbons (Fsp3) is 0.418. The van der Waals surface area contributed by atoms with E-state index >= 15 is 0 Å². The van der Waals surface area contributed by atoms with Crippen LogP contribution in [0.15, 0.2) is 211 Å².